The molecule has 4 heteroatoms. The average molecular weight is 244 g/mol. The van der Waals surface area contributed by atoms with E-state index in [0.717, 1.165) is 12.8 Å². The van der Waals surface area contributed by atoms with Crippen molar-refractivity contribution in [1.29, 1.82) is 0 Å². The van der Waals surface area contributed by atoms with Crippen LogP contribution in [-0.2, 0) is 11.3 Å². The monoisotopic (exact) mass is 243 g/mol. The average Bonchev–Trinajstić information content (AvgIpc) is 2.92. The molecule has 1 aliphatic rings. The number of amides is 1. The minimum atomic E-state index is -0.413. The highest BCUT2D eigenvalue weighted by Gasteiger charge is 2.33. The first-order chi connectivity index (χ1) is 7.18. The Kier molecular flexibility index (Phi) is 3.32. The molecule has 0 bridgehead atoms. The fourth-order valence-corrected chi connectivity index (χ4v) is 2.37. The Labute approximate surface area is 98.8 Å². The number of hydrogen-bond acceptors (Lipinski definition) is 2. The lowest BCUT2D eigenvalue weighted by Crippen LogP contribution is -2.36. The van der Waals surface area contributed by atoms with Gasteiger partial charge in [-0.3, -0.25) is 4.79 Å². The summed E-state index contributed by atoms with van der Waals surface area (Å²) in [5.74, 6) is 0.0605. The molecule has 0 aliphatic heterocycles. The second-order valence-electron chi connectivity index (χ2n) is 3.94. The summed E-state index contributed by atoms with van der Waals surface area (Å²) in [6, 6.07) is 2.49. The van der Waals surface area contributed by atoms with E-state index >= 15 is 0 Å². The molecule has 1 aromatic heterocycles. The molecule has 82 valence electrons. The number of thiophene rings is 1. The zero-order chi connectivity index (χ0) is 10.8. The minimum absolute atomic E-state index is 0.0605. The molecule has 0 N–H and O–H groups in total. The highest BCUT2D eigenvalue weighted by Crippen LogP contribution is 2.29. The van der Waals surface area contributed by atoms with Crippen LogP contribution in [0.3, 0.4) is 0 Å². The molecule has 1 aliphatic carbocycles. The van der Waals surface area contributed by atoms with E-state index in [2.05, 4.69) is 11.4 Å². The first kappa shape index (κ1) is 11.0. The Balaban J connectivity index is 2.03. The zero-order valence-electron chi connectivity index (χ0n) is 8.65. The SMILES string of the molecule is CC(Cl)C(=O)N(Cc1ccsc1)C1CC1. The first-order valence-electron chi connectivity index (χ1n) is 5.14. The normalized spacial score (nSPS) is 17.5. The lowest BCUT2D eigenvalue weighted by atomic mass is 10.3. The summed E-state index contributed by atoms with van der Waals surface area (Å²) in [5, 5.41) is 3.71. The maximum Gasteiger partial charge on any atom is 0.240 e. The van der Waals surface area contributed by atoms with E-state index in [9.17, 15) is 4.79 Å². The Bertz CT molecular complexity index is 332. The van der Waals surface area contributed by atoms with E-state index in [4.69, 9.17) is 11.6 Å². The maximum atomic E-state index is 11.8. The Morgan fingerprint density at radius 1 is 1.73 bits per heavy atom. The quantitative estimate of drug-likeness (QED) is 0.745. The van der Waals surface area contributed by atoms with Gasteiger partial charge in [0.25, 0.3) is 0 Å². The first-order valence-corrected chi connectivity index (χ1v) is 6.52. The van der Waals surface area contributed by atoms with Gasteiger partial charge >= 0.3 is 0 Å². The van der Waals surface area contributed by atoms with Gasteiger partial charge in [0.15, 0.2) is 0 Å². The van der Waals surface area contributed by atoms with Crippen LogP contribution in [0.25, 0.3) is 0 Å². The van der Waals surface area contributed by atoms with E-state index in [1.165, 1.54) is 5.56 Å². The van der Waals surface area contributed by atoms with Crippen molar-refractivity contribution in [2.75, 3.05) is 0 Å². The Hall–Kier alpha value is -0.540. The van der Waals surface area contributed by atoms with Gasteiger partial charge in [-0.05, 0) is 42.2 Å². The molecule has 0 saturated heterocycles. The number of rotatable bonds is 4. The third kappa shape index (κ3) is 2.73. The molecule has 2 nitrogen and oxygen atoms in total. The fourth-order valence-electron chi connectivity index (χ4n) is 1.58. The van der Waals surface area contributed by atoms with Crippen molar-refractivity contribution in [2.24, 2.45) is 0 Å². The van der Waals surface area contributed by atoms with Crippen LogP contribution < -0.4 is 0 Å². The van der Waals surface area contributed by atoms with Crippen LogP contribution in [0, 0.1) is 0 Å². The molecule has 15 heavy (non-hydrogen) atoms. The molecule has 0 spiro atoms. The van der Waals surface area contributed by atoms with E-state index in [0.29, 0.717) is 12.6 Å². The smallest absolute Gasteiger partial charge is 0.240 e. The lowest BCUT2D eigenvalue weighted by Gasteiger charge is -2.23. The van der Waals surface area contributed by atoms with E-state index < -0.39 is 5.38 Å². The summed E-state index contributed by atoms with van der Waals surface area (Å²) in [5.41, 5.74) is 1.21. The summed E-state index contributed by atoms with van der Waals surface area (Å²) in [6.07, 6.45) is 2.25. The van der Waals surface area contributed by atoms with Gasteiger partial charge in [0.05, 0.1) is 0 Å². The van der Waals surface area contributed by atoms with Crippen molar-refractivity contribution >= 4 is 28.8 Å². The zero-order valence-corrected chi connectivity index (χ0v) is 10.2. The van der Waals surface area contributed by atoms with Crippen molar-refractivity contribution in [3.8, 4) is 0 Å². The summed E-state index contributed by atoms with van der Waals surface area (Å²) >= 11 is 7.51. The van der Waals surface area contributed by atoms with Crippen LogP contribution >= 0.6 is 22.9 Å². The summed E-state index contributed by atoms with van der Waals surface area (Å²) in [4.78, 5) is 13.8. The minimum Gasteiger partial charge on any atom is -0.334 e. The number of halogens is 1. The van der Waals surface area contributed by atoms with Gasteiger partial charge < -0.3 is 4.90 Å². The van der Waals surface area contributed by atoms with Crippen molar-refractivity contribution in [1.82, 2.24) is 4.90 Å². The topological polar surface area (TPSA) is 20.3 Å². The number of carbonyl (C=O) groups excluding carboxylic acids is 1. The Morgan fingerprint density at radius 3 is 2.93 bits per heavy atom. The van der Waals surface area contributed by atoms with E-state index in [1.807, 2.05) is 10.3 Å². The second-order valence-corrected chi connectivity index (χ2v) is 5.38. The molecule has 1 heterocycles. The van der Waals surface area contributed by atoms with E-state index in [-0.39, 0.29) is 5.91 Å². The second kappa shape index (κ2) is 4.54. The molecule has 1 unspecified atom stereocenters. The Morgan fingerprint density at radius 2 is 2.47 bits per heavy atom. The third-order valence-corrected chi connectivity index (χ3v) is 3.46. The molecular formula is C11H14ClNOS. The van der Waals surface area contributed by atoms with Crippen molar-refractivity contribution in [2.45, 2.75) is 37.7 Å². The van der Waals surface area contributed by atoms with Gasteiger partial charge in [0, 0.05) is 12.6 Å². The van der Waals surface area contributed by atoms with Crippen LogP contribution in [0.2, 0.25) is 0 Å². The molecule has 2 rings (SSSR count). The third-order valence-electron chi connectivity index (χ3n) is 2.54. The van der Waals surface area contributed by atoms with Gasteiger partial charge in [-0.1, -0.05) is 0 Å². The maximum absolute atomic E-state index is 11.8. The molecule has 0 radical (unpaired) electrons. The molecular weight excluding hydrogens is 230 g/mol. The van der Waals surface area contributed by atoms with Crippen LogP contribution in [0.4, 0.5) is 0 Å². The standard InChI is InChI=1S/C11H14ClNOS/c1-8(12)11(14)13(10-2-3-10)6-9-4-5-15-7-9/h4-5,7-8,10H,2-3,6H2,1H3. The van der Waals surface area contributed by atoms with Gasteiger partial charge in [0.2, 0.25) is 5.91 Å². The number of hydrogen-bond donors (Lipinski definition) is 0. The summed E-state index contributed by atoms with van der Waals surface area (Å²) < 4.78 is 0. The predicted octanol–water partition coefficient (Wildman–Crippen LogP) is 2.87. The molecule has 0 aromatic carbocycles. The van der Waals surface area contributed by atoms with Crippen molar-refractivity contribution in [3.63, 3.8) is 0 Å². The lowest BCUT2D eigenvalue weighted by molar-refractivity contribution is -0.131. The van der Waals surface area contributed by atoms with Gasteiger partial charge in [-0.2, -0.15) is 11.3 Å². The van der Waals surface area contributed by atoms with Crippen molar-refractivity contribution in [3.05, 3.63) is 22.4 Å². The highest BCUT2D eigenvalue weighted by atomic mass is 35.5. The molecule has 1 atom stereocenters. The largest absolute Gasteiger partial charge is 0.334 e. The summed E-state index contributed by atoms with van der Waals surface area (Å²) in [7, 11) is 0. The van der Waals surface area contributed by atoms with Crippen LogP contribution in [-0.4, -0.2) is 22.2 Å². The van der Waals surface area contributed by atoms with Crippen LogP contribution in [0.5, 0.6) is 0 Å². The van der Waals surface area contributed by atoms with Crippen LogP contribution in [0.1, 0.15) is 25.3 Å². The number of carbonyl (C=O) groups is 1. The molecule has 1 aromatic rings. The summed E-state index contributed by atoms with van der Waals surface area (Å²) in [6.45, 7) is 2.46. The molecule has 1 amide bonds. The fraction of sp³-hybridized carbons (Fsp3) is 0.545. The number of alkyl halides is 1. The van der Waals surface area contributed by atoms with Crippen molar-refractivity contribution < 1.29 is 4.79 Å². The number of nitrogens with zero attached hydrogens (tertiary/aromatic N) is 1. The highest BCUT2D eigenvalue weighted by molar-refractivity contribution is 7.07. The molecule has 1 saturated carbocycles. The van der Waals surface area contributed by atoms with E-state index in [1.54, 1.807) is 18.3 Å². The van der Waals surface area contributed by atoms with Gasteiger partial charge in [-0.15, -0.1) is 11.6 Å². The molecule has 1 fully saturated rings. The van der Waals surface area contributed by atoms with Crippen LogP contribution in [0.15, 0.2) is 16.8 Å². The van der Waals surface area contributed by atoms with Gasteiger partial charge in [0.1, 0.15) is 5.38 Å². The predicted molar refractivity (Wildman–Crippen MR) is 63.2 cm³/mol. The van der Waals surface area contributed by atoms with Gasteiger partial charge in [-0.25, -0.2) is 0 Å².